The Balaban J connectivity index is 2.02. The zero-order chi connectivity index (χ0) is 21.3. The minimum atomic E-state index is -4.33. The molecular weight excluding hydrogens is 445 g/mol. The second kappa shape index (κ2) is 8.06. The number of hydrogen-bond donors (Lipinski definition) is 1. The Kier molecular flexibility index (Phi) is 5.88. The molecule has 10 heteroatoms. The van der Waals surface area contributed by atoms with E-state index in [-0.39, 0.29) is 26.2 Å². The first-order valence-corrected chi connectivity index (χ1v) is 10.3. The van der Waals surface area contributed by atoms with E-state index in [0.29, 0.717) is 0 Å². The molecule has 1 heterocycles. The molecule has 29 heavy (non-hydrogen) atoms. The van der Waals surface area contributed by atoms with Crippen LogP contribution in [0, 0.1) is 11.6 Å². The van der Waals surface area contributed by atoms with Crippen LogP contribution >= 0.6 is 23.2 Å². The minimum Gasteiger partial charge on any atom is -0.266 e. The Morgan fingerprint density at radius 2 is 1.69 bits per heavy atom. The van der Waals surface area contributed by atoms with Crippen LogP contribution in [0.5, 0.6) is 0 Å². The van der Waals surface area contributed by atoms with Crippen molar-refractivity contribution >= 4 is 44.8 Å². The third kappa shape index (κ3) is 3.96. The van der Waals surface area contributed by atoms with Crippen LogP contribution < -0.4 is 4.72 Å². The normalized spacial score (nSPS) is 15.6. The van der Waals surface area contributed by atoms with Gasteiger partial charge in [-0.3, -0.25) is 4.79 Å². The van der Waals surface area contributed by atoms with Gasteiger partial charge >= 0.3 is 0 Å². The molecule has 0 aliphatic carbocycles. The summed E-state index contributed by atoms with van der Waals surface area (Å²) in [6.07, 6.45) is 1.41. The lowest BCUT2D eigenvalue weighted by Crippen LogP contribution is -2.31. The summed E-state index contributed by atoms with van der Waals surface area (Å²) in [7, 11) is -4.33. The van der Waals surface area contributed by atoms with Crippen LogP contribution in [0.25, 0.3) is 0 Å². The summed E-state index contributed by atoms with van der Waals surface area (Å²) in [5.41, 5.74) is -1.09. The number of benzene rings is 2. The van der Waals surface area contributed by atoms with Crippen molar-refractivity contribution in [1.29, 1.82) is 0 Å². The van der Waals surface area contributed by atoms with Crippen LogP contribution in [0.15, 0.2) is 74.7 Å². The predicted molar refractivity (Wildman–Crippen MR) is 106 cm³/mol. The third-order valence-corrected chi connectivity index (χ3v) is 6.19. The largest absolute Gasteiger partial charge is 0.285 e. The van der Waals surface area contributed by atoms with Gasteiger partial charge in [0.1, 0.15) is 22.2 Å². The lowest BCUT2D eigenvalue weighted by molar-refractivity contribution is -0.115. The fourth-order valence-electron chi connectivity index (χ4n) is 2.67. The third-order valence-electron chi connectivity index (χ3n) is 3.98. The number of halogens is 4. The van der Waals surface area contributed by atoms with E-state index >= 15 is 0 Å². The summed E-state index contributed by atoms with van der Waals surface area (Å²) in [6, 6.07) is 8.75. The van der Waals surface area contributed by atoms with Crippen molar-refractivity contribution in [2.45, 2.75) is 11.8 Å². The van der Waals surface area contributed by atoms with E-state index in [1.807, 2.05) is 4.72 Å². The highest BCUT2D eigenvalue weighted by Crippen LogP contribution is 2.33. The maximum absolute atomic E-state index is 14.2. The van der Waals surface area contributed by atoms with Crippen LogP contribution in [0.4, 0.5) is 8.78 Å². The molecule has 0 saturated heterocycles. The molecule has 2 aromatic carbocycles. The number of nitrogens with zero attached hydrogens (tertiary/aromatic N) is 1. The van der Waals surface area contributed by atoms with Crippen molar-refractivity contribution in [2.24, 2.45) is 4.99 Å². The first-order chi connectivity index (χ1) is 13.7. The average molecular weight is 457 g/mol. The van der Waals surface area contributed by atoms with Gasteiger partial charge in [0.15, 0.2) is 0 Å². The molecule has 1 aliphatic rings. The SMILES string of the molecule is C/C=C1/C(c2c(F)cccc2F)=NC(C(=O)NS(=O)(=O)c2ccccc2Cl)=C1Cl. The molecule has 1 aliphatic heterocycles. The molecule has 3 rings (SSSR count). The van der Waals surface area contributed by atoms with E-state index in [2.05, 4.69) is 4.99 Å². The van der Waals surface area contributed by atoms with E-state index in [1.54, 1.807) is 0 Å². The van der Waals surface area contributed by atoms with Gasteiger partial charge in [0.25, 0.3) is 15.9 Å². The lowest BCUT2D eigenvalue weighted by atomic mass is 10.0. The van der Waals surface area contributed by atoms with Gasteiger partial charge in [-0.1, -0.05) is 47.5 Å². The molecule has 0 bridgehead atoms. The molecule has 0 spiro atoms. The molecular formula is C19H12Cl2F2N2O3S. The highest BCUT2D eigenvalue weighted by molar-refractivity contribution is 7.90. The number of nitrogens with one attached hydrogen (secondary N) is 1. The number of aliphatic imine (C=N–C) groups is 1. The molecule has 0 atom stereocenters. The zero-order valence-corrected chi connectivity index (χ0v) is 17.0. The number of hydrogen-bond acceptors (Lipinski definition) is 4. The van der Waals surface area contributed by atoms with Gasteiger partial charge in [-0.25, -0.2) is 26.9 Å². The summed E-state index contributed by atoms with van der Waals surface area (Å²) >= 11 is 12.0. The van der Waals surface area contributed by atoms with Gasteiger partial charge in [-0.15, -0.1) is 0 Å². The Hall–Kier alpha value is -2.55. The summed E-state index contributed by atoms with van der Waals surface area (Å²) in [4.78, 5) is 16.2. The molecule has 0 radical (unpaired) electrons. The maximum atomic E-state index is 14.2. The van der Waals surface area contributed by atoms with Crippen LogP contribution in [0.2, 0.25) is 5.02 Å². The second-order valence-electron chi connectivity index (χ2n) is 5.79. The topological polar surface area (TPSA) is 75.6 Å². The molecule has 5 nitrogen and oxygen atoms in total. The molecule has 1 N–H and O–H groups in total. The molecule has 0 aromatic heterocycles. The van der Waals surface area contributed by atoms with Crippen LogP contribution in [0.3, 0.4) is 0 Å². The average Bonchev–Trinajstić information content (AvgIpc) is 2.97. The second-order valence-corrected chi connectivity index (χ2v) is 8.22. The fourth-order valence-corrected chi connectivity index (χ4v) is 4.47. The summed E-state index contributed by atoms with van der Waals surface area (Å²) in [5.74, 6) is -2.98. The van der Waals surface area contributed by atoms with E-state index < -0.39 is 38.8 Å². The fraction of sp³-hybridized carbons (Fsp3) is 0.0526. The molecule has 150 valence electrons. The van der Waals surface area contributed by atoms with Crippen molar-refractivity contribution < 1.29 is 22.0 Å². The van der Waals surface area contributed by atoms with Gasteiger partial charge in [-0.05, 0) is 31.2 Å². The molecule has 0 unspecified atom stereocenters. The van der Waals surface area contributed by atoms with Gasteiger partial charge < -0.3 is 0 Å². The van der Waals surface area contributed by atoms with Crippen molar-refractivity contribution in [1.82, 2.24) is 4.72 Å². The van der Waals surface area contributed by atoms with Crippen LogP contribution in [0.1, 0.15) is 12.5 Å². The number of sulfonamides is 1. The highest BCUT2D eigenvalue weighted by atomic mass is 35.5. The molecule has 0 saturated carbocycles. The standard InChI is InChI=1S/C19H12Cl2F2N2O3S/c1-2-10-16(21)18(24-17(10)15-12(22)7-5-8-13(15)23)19(26)25-29(27,28)14-9-4-3-6-11(14)20/h2-9H,1H3,(H,25,26)/b10-2+. The highest BCUT2D eigenvalue weighted by Gasteiger charge is 2.32. The summed E-state index contributed by atoms with van der Waals surface area (Å²) in [6.45, 7) is 1.54. The van der Waals surface area contributed by atoms with Crippen molar-refractivity contribution in [3.05, 3.63) is 87.1 Å². The van der Waals surface area contributed by atoms with E-state index in [9.17, 15) is 22.0 Å². The van der Waals surface area contributed by atoms with Gasteiger partial charge in [0.05, 0.1) is 21.3 Å². The van der Waals surface area contributed by atoms with Gasteiger partial charge in [-0.2, -0.15) is 0 Å². The Labute approximate surface area is 175 Å². The smallest absolute Gasteiger partial charge is 0.266 e. The number of rotatable bonds is 4. The quantitative estimate of drug-likeness (QED) is 0.743. The van der Waals surface area contributed by atoms with E-state index in [4.69, 9.17) is 23.2 Å². The minimum absolute atomic E-state index is 0.0916. The molecule has 1 amide bonds. The van der Waals surface area contributed by atoms with E-state index in [1.165, 1.54) is 43.3 Å². The van der Waals surface area contributed by atoms with Crippen molar-refractivity contribution in [3.63, 3.8) is 0 Å². The number of carbonyl (C=O) groups excluding carboxylic acids is 1. The Morgan fingerprint density at radius 3 is 2.28 bits per heavy atom. The van der Waals surface area contributed by atoms with Crippen LogP contribution in [-0.4, -0.2) is 20.0 Å². The maximum Gasteiger partial charge on any atom is 0.285 e. The van der Waals surface area contributed by atoms with Gasteiger partial charge in [0.2, 0.25) is 0 Å². The zero-order valence-electron chi connectivity index (χ0n) is 14.7. The van der Waals surface area contributed by atoms with Crippen LogP contribution in [-0.2, 0) is 14.8 Å². The summed E-state index contributed by atoms with van der Waals surface area (Å²) in [5, 5.41) is -0.330. The van der Waals surface area contributed by atoms with Crippen molar-refractivity contribution in [3.8, 4) is 0 Å². The van der Waals surface area contributed by atoms with Crippen molar-refractivity contribution in [2.75, 3.05) is 0 Å². The number of carbonyl (C=O) groups is 1. The Bertz CT molecular complexity index is 1200. The number of allylic oxidation sites excluding steroid dienone is 3. The lowest BCUT2D eigenvalue weighted by Gasteiger charge is -2.08. The molecule has 0 fully saturated rings. The first-order valence-electron chi connectivity index (χ1n) is 8.09. The number of amides is 1. The monoisotopic (exact) mass is 456 g/mol. The summed E-state index contributed by atoms with van der Waals surface area (Å²) < 4.78 is 55.1. The van der Waals surface area contributed by atoms with Gasteiger partial charge in [0, 0.05) is 5.57 Å². The molecule has 2 aromatic rings. The predicted octanol–water partition coefficient (Wildman–Crippen LogP) is 4.32. The first kappa shape index (κ1) is 21.2. The van der Waals surface area contributed by atoms with E-state index in [0.717, 1.165) is 12.1 Å². The Morgan fingerprint density at radius 1 is 1.07 bits per heavy atom.